The third kappa shape index (κ3) is 2.49. The number of imidazole rings is 1. The predicted molar refractivity (Wildman–Crippen MR) is 73.7 cm³/mol. The van der Waals surface area contributed by atoms with Gasteiger partial charge in [-0.2, -0.15) is 4.98 Å². The van der Waals surface area contributed by atoms with Crippen LogP contribution in [0.4, 0.5) is 5.82 Å². The van der Waals surface area contributed by atoms with Gasteiger partial charge in [0, 0.05) is 32.5 Å². The molecule has 0 spiro atoms. The molecule has 6 heteroatoms. The number of hydrogen-bond donors (Lipinski definition) is 1. The summed E-state index contributed by atoms with van der Waals surface area (Å²) in [6.45, 7) is 2.14. The van der Waals surface area contributed by atoms with Crippen LogP contribution in [0.15, 0.2) is 18.6 Å². The number of aromatic nitrogens is 3. The van der Waals surface area contributed by atoms with E-state index in [0.717, 1.165) is 37.4 Å². The van der Waals surface area contributed by atoms with Crippen molar-refractivity contribution < 1.29 is 4.74 Å². The summed E-state index contributed by atoms with van der Waals surface area (Å²) < 4.78 is 7.99. The second-order valence-corrected chi connectivity index (χ2v) is 4.96. The smallest absolute Gasteiger partial charge is 0.260 e. The molecule has 0 saturated carbocycles. The van der Waals surface area contributed by atoms with Crippen molar-refractivity contribution in [3.05, 3.63) is 18.6 Å². The fraction of sp³-hybridized carbons (Fsp3) is 0.538. The van der Waals surface area contributed by atoms with Crippen LogP contribution in [0.1, 0.15) is 12.8 Å². The van der Waals surface area contributed by atoms with Crippen LogP contribution in [-0.2, 0) is 0 Å². The van der Waals surface area contributed by atoms with Crippen LogP contribution >= 0.6 is 0 Å². The van der Waals surface area contributed by atoms with E-state index in [4.69, 9.17) is 4.74 Å². The van der Waals surface area contributed by atoms with Gasteiger partial charge in [-0.3, -0.25) is 4.40 Å². The van der Waals surface area contributed by atoms with Gasteiger partial charge >= 0.3 is 0 Å². The van der Waals surface area contributed by atoms with Crippen LogP contribution < -0.4 is 10.1 Å². The summed E-state index contributed by atoms with van der Waals surface area (Å²) in [5.74, 6) is 1.40. The average molecular weight is 261 g/mol. The van der Waals surface area contributed by atoms with Crippen molar-refractivity contribution in [3.8, 4) is 5.88 Å². The summed E-state index contributed by atoms with van der Waals surface area (Å²) in [6, 6.07) is 0. The quantitative estimate of drug-likeness (QED) is 0.901. The monoisotopic (exact) mass is 261 g/mol. The zero-order chi connectivity index (χ0) is 13.2. The van der Waals surface area contributed by atoms with Gasteiger partial charge in [0.15, 0.2) is 0 Å². The van der Waals surface area contributed by atoms with Gasteiger partial charge in [0.1, 0.15) is 11.9 Å². The number of likely N-dealkylation sites (tertiary alicyclic amines) is 1. The van der Waals surface area contributed by atoms with Crippen LogP contribution in [0, 0.1) is 0 Å². The molecule has 3 heterocycles. The number of hydrogen-bond acceptors (Lipinski definition) is 5. The Balaban J connectivity index is 1.85. The molecule has 0 radical (unpaired) electrons. The second kappa shape index (κ2) is 5.05. The Morgan fingerprint density at radius 1 is 1.37 bits per heavy atom. The van der Waals surface area contributed by atoms with E-state index in [1.807, 2.05) is 23.8 Å². The lowest BCUT2D eigenvalue weighted by Gasteiger charge is -2.29. The maximum Gasteiger partial charge on any atom is 0.260 e. The highest BCUT2D eigenvalue weighted by Crippen LogP contribution is 2.22. The molecule has 0 aromatic carbocycles. The Hall–Kier alpha value is -1.82. The molecular formula is C13H19N5O. The van der Waals surface area contributed by atoms with Crippen molar-refractivity contribution in [1.82, 2.24) is 19.3 Å². The normalized spacial score (nSPS) is 17.8. The van der Waals surface area contributed by atoms with Gasteiger partial charge in [-0.05, 0) is 19.9 Å². The van der Waals surface area contributed by atoms with Gasteiger partial charge in [0.25, 0.3) is 5.88 Å². The largest absolute Gasteiger partial charge is 0.472 e. The minimum Gasteiger partial charge on any atom is -0.472 e. The van der Waals surface area contributed by atoms with E-state index in [0.29, 0.717) is 5.88 Å². The first-order valence-electron chi connectivity index (χ1n) is 6.63. The van der Waals surface area contributed by atoms with Crippen LogP contribution in [0.5, 0.6) is 5.88 Å². The molecule has 102 valence electrons. The molecule has 0 amide bonds. The molecule has 2 aromatic heterocycles. The summed E-state index contributed by atoms with van der Waals surface area (Å²) in [6.07, 6.45) is 7.88. The van der Waals surface area contributed by atoms with E-state index in [9.17, 15) is 0 Å². The summed E-state index contributed by atoms with van der Waals surface area (Å²) in [5, 5.41) is 3.05. The van der Waals surface area contributed by atoms with Crippen molar-refractivity contribution in [2.24, 2.45) is 0 Å². The van der Waals surface area contributed by atoms with Gasteiger partial charge in [0.05, 0.1) is 6.20 Å². The molecule has 1 fully saturated rings. The van der Waals surface area contributed by atoms with E-state index < -0.39 is 0 Å². The van der Waals surface area contributed by atoms with Gasteiger partial charge in [-0.1, -0.05) is 0 Å². The minimum absolute atomic E-state index is 0.233. The molecule has 1 aliphatic rings. The molecule has 1 aliphatic heterocycles. The Morgan fingerprint density at radius 2 is 2.16 bits per heavy atom. The number of fused-ring (bicyclic) bond motifs is 1. The number of ether oxygens (including phenoxy) is 1. The highest BCUT2D eigenvalue weighted by molar-refractivity contribution is 5.53. The number of piperidine rings is 1. The standard InChI is InChI=1S/C13H19N5O/c1-14-11-9-18-8-5-15-12(18)13(16-11)19-10-3-6-17(2)7-4-10/h5,8-10,14H,3-4,6-7H2,1-2H3. The predicted octanol–water partition coefficient (Wildman–Crippen LogP) is 1.24. The highest BCUT2D eigenvalue weighted by Gasteiger charge is 2.20. The fourth-order valence-corrected chi connectivity index (χ4v) is 2.36. The van der Waals surface area contributed by atoms with Crippen molar-refractivity contribution in [2.75, 3.05) is 32.5 Å². The van der Waals surface area contributed by atoms with Crippen LogP contribution in [-0.4, -0.2) is 52.6 Å². The van der Waals surface area contributed by atoms with Gasteiger partial charge in [-0.15, -0.1) is 0 Å². The Bertz CT molecular complexity index is 559. The molecule has 0 atom stereocenters. The van der Waals surface area contributed by atoms with Gasteiger partial charge < -0.3 is 15.0 Å². The fourth-order valence-electron chi connectivity index (χ4n) is 2.36. The van der Waals surface area contributed by atoms with Crippen LogP contribution in [0.2, 0.25) is 0 Å². The first-order valence-corrected chi connectivity index (χ1v) is 6.63. The van der Waals surface area contributed by atoms with Crippen molar-refractivity contribution in [3.63, 3.8) is 0 Å². The maximum atomic E-state index is 6.06. The zero-order valence-electron chi connectivity index (χ0n) is 11.3. The van der Waals surface area contributed by atoms with Crippen LogP contribution in [0.3, 0.4) is 0 Å². The topological polar surface area (TPSA) is 54.7 Å². The van der Waals surface area contributed by atoms with Crippen LogP contribution in [0.25, 0.3) is 5.65 Å². The minimum atomic E-state index is 0.233. The van der Waals surface area contributed by atoms with Crippen molar-refractivity contribution >= 4 is 11.5 Å². The van der Waals surface area contributed by atoms with Gasteiger partial charge in [0.2, 0.25) is 5.65 Å². The average Bonchev–Trinajstić information content (AvgIpc) is 2.89. The highest BCUT2D eigenvalue weighted by atomic mass is 16.5. The first-order chi connectivity index (χ1) is 9.26. The third-order valence-electron chi connectivity index (χ3n) is 3.54. The lowest BCUT2D eigenvalue weighted by Crippen LogP contribution is -2.35. The molecule has 6 nitrogen and oxygen atoms in total. The SMILES string of the molecule is CNc1cn2ccnc2c(OC2CCN(C)CC2)n1. The second-order valence-electron chi connectivity index (χ2n) is 4.96. The molecule has 1 saturated heterocycles. The Kier molecular flexibility index (Phi) is 3.25. The summed E-state index contributed by atoms with van der Waals surface area (Å²) in [5.41, 5.74) is 0.776. The Morgan fingerprint density at radius 3 is 2.89 bits per heavy atom. The summed E-state index contributed by atoms with van der Waals surface area (Å²) >= 11 is 0. The van der Waals surface area contributed by atoms with E-state index >= 15 is 0 Å². The number of nitrogens with one attached hydrogen (secondary N) is 1. The molecule has 0 unspecified atom stereocenters. The van der Waals surface area contributed by atoms with Crippen molar-refractivity contribution in [2.45, 2.75) is 18.9 Å². The lowest BCUT2D eigenvalue weighted by atomic mass is 10.1. The van der Waals surface area contributed by atoms with Gasteiger partial charge in [-0.25, -0.2) is 4.98 Å². The Labute approximate surface area is 112 Å². The molecule has 0 aliphatic carbocycles. The lowest BCUT2D eigenvalue weighted by molar-refractivity contribution is 0.111. The molecule has 2 aromatic rings. The first kappa shape index (κ1) is 12.2. The molecular weight excluding hydrogens is 242 g/mol. The van der Waals surface area contributed by atoms with Crippen molar-refractivity contribution in [1.29, 1.82) is 0 Å². The number of anilines is 1. The number of nitrogens with zero attached hydrogens (tertiary/aromatic N) is 4. The third-order valence-corrected chi connectivity index (χ3v) is 3.54. The summed E-state index contributed by atoms with van der Waals surface area (Å²) in [7, 11) is 3.99. The number of rotatable bonds is 3. The van der Waals surface area contributed by atoms with E-state index in [2.05, 4.69) is 27.2 Å². The molecule has 1 N–H and O–H groups in total. The van der Waals surface area contributed by atoms with E-state index in [1.165, 1.54) is 0 Å². The molecule has 3 rings (SSSR count). The molecule has 19 heavy (non-hydrogen) atoms. The van der Waals surface area contributed by atoms with E-state index in [-0.39, 0.29) is 6.10 Å². The maximum absolute atomic E-state index is 6.06. The summed E-state index contributed by atoms with van der Waals surface area (Å²) in [4.78, 5) is 11.1. The van der Waals surface area contributed by atoms with E-state index in [1.54, 1.807) is 6.20 Å². The zero-order valence-corrected chi connectivity index (χ0v) is 11.3. The molecule has 0 bridgehead atoms.